The lowest BCUT2D eigenvalue weighted by molar-refractivity contribution is 0.359. The molecule has 0 fully saturated rings. The molecule has 0 saturated carbocycles. The van der Waals surface area contributed by atoms with Gasteiger partial charge in [-0.25, -0.2) is 15.0 Å². The summed E-state index contributed by atoms with van der Waals surface area (Å²) in [6.07, 6.45) is 0. The van der Waals surface area contributed by atoms with Gasteiger partial charge in [0.05, 0.1) is 5.41 Å². The molecule has 0 atom stereocenters. The summed E-state index contributed by atoms with van der Waals surface area (Å²) < 4.78 is 13.6. The number of hydrogen-bond acceptors (Lipinski definition) is 5. The number of benzene rings is 10. The highest BCUT2D eigenvalue weighted by molar-refractivity contribution is 6.04. The van der Waals surface area contributed by atoms with Crippen LogP contribution in [0.2, 0.25) is 0 Å². The predicted molar refractivity (Wildman–Crippen MR) is 268 cm³/mol. The van der Waals surface area contributed by atoms with Crippen LogP contribution in [0, 0.1) is 0 Å². The van der Waals surface area contributed by atoms with E-state index in [1.54, 1.807) is 0 Å². The monoisotopic (exact) mass is 857 g/mol. The summed E-state index contributed by atoms with van der Waals surface area (Å²) in [6.45, 7) is 0. The second-order valence-corrected chi connectivity index (χ2v) is 17.1. The Labute approximate surface area is 388 Å². The van der Waals surface area contributed by atoms with Crippen molar-refractivity contribution >= 4 is 10.8 Å². The van der Waals surface area contributed by atoms with Gasteiger partial charge in [0.2, 0.25) is 0 Å². The highest BCUT2D eigenvalue weighted by Crippen LogP contribution is 2.60. The molecule has 0 bridgehead atoms. The molecule has 1 aliphatic carbocycles. The van der Waals surface area contributed by atoms with Crippen LogP contribution in [0.25, 0.3) is 78.3 Å². The van der Waals surface area contributed by atoms with E-state index in [4.69, 9.17) is 24.4 Å². The molecule has 0 amide bonds. The molecule has 314 valence electrons. The van der Waals surface area contributed by atoms with E-state index in [-0.39, 0.29) is 0 Å². The van der Waals surface area contributed by atoms with Crippen LogP contribution in [0.4, 0.5) is 0 Å². The second kappa shape index (κ2) is 15.7. The Kier molecular flexibility index (Phi) is 9.00. The first-order valence-corrected chi connectivity index (χ1v) is 22.6. The maximum absolute atomic E-state index is 6.82. The number of aromatic nitrogens is 3. The normalized spacial score (nSPS) is 12.8. The van der Waals surface area contributed by atoms with Crippen LogP contribution in [0.5, 0.6) is 23.0 Å². The van der Waals surface area contributed by atoms with E-state index in [1.807, 2.05) is 42.5 Å². The van der Waals surface area contributed by atoms with Gasteiger partial charge in [-0.05, 0) is 103 Å². The lowest BCUT2D eigenvalue weighted by Gasteiger charge is -2.34. The average Bonchev–Trinajstić information content (AvgIpc) is 3.69. The van der Waals surface area contributed by atoms with Crippen molar-refractivity contribution in [1.82, 2.24) is 15.0 Å². The van der Waals surface area contributed by atoms with Crippen LogP contribution < -0.4 is 9.47 Å². The Hall–Kier alpha value is -8.93. The first kappa shape index (κ1) is 38.5. The van der Waals surface area contributed by atoms with E-state index in [2.05, 4.69) is 194 Å². The zero-order valence-electron chi connectivity index (χ0n) is 36.2. The molecule has 1 aromatic heterocycles. The Morgan fingerprint density at radius 3 is 1.51 bits per heavy atom. The molecule has 10 aromatic carbocycles. The summed E-state index contributed by atoms with van der Waals surface area (Å²) in [5.74, 6) is 4.49. The Bertz CT molecular complexity index is 3650. The molecular weight excluding hydrogens is 819 g/mol. The van der Waals surface area contributed by atoms with Gasteiger partial charge < -0.3 is 9.47 Å². The quantitative estimate of drug-likeness (QED) is 0.160. The standard InChI is InChI=1S/C62H39N3O2/c1-5-18-40(19-6-1)47-33-34-51(49-29-14-13-28-48(47)49)61-64-59(41-20-7-2-8-21-41)63-60(65-61)44-23-17-22-42(36-44)43-32-35-55-56(37-43)67-57-38-52-50-30-15-16-31-53(50)62(45-24-9-3-10-25-45,46-26-11-4-12-27-46)54(52)39-58(57)66-55/h1-39H. The highest BCUT2D eigenvalue weighted by Gasteiger charge is 2.47. The van der Waals surface area contributed by atoms with Crippen molar-refractivity contribution in [2.24, 2.45) is 0 Å². The SMILES string of the molecule is c1ccc(-c2nc(-c3cccc(-c4ccc5c(c4)Oc4cc6c(cc4O5)C(c4ccccc4)(c4ccccc4)c4ccccc4-6)c3)nc(-c3ccc(-c4ccccc4)c4ccccc34)n2)cc1. The van der Waals surface area contributed by atoms with E-state index in [0.29, 0.717) is 40.5 Å². The molecule has 0 N–H and O–H groups in total. The van der Waals surface area contributed by atoms with Crippen molar-refractivity contribution in [1.29, 1.82) is 0 Å². The molecule has 67 heavy (non-hydrogen) atoms. The molecule has 0 saturated heterocycles. The van der Waals surface area contributed by atoms with Crippen LogP contribution in [-0.4, -0.2) is 15.0 Å². The summed E-state index contributed by atoms with van der Waals surface area (Å²) in [6, 6.07) is 82.6. The van der Waals surface area contributed by atoms with Crippen molar-refractivity contribution in [3.63, 3.8) is 0 Å². The molecule has 11 aromatic rings. The van der Waals surface area contributed by atoms with Gasteiger partial charge >= 0.3 is 0 Å². The number of nitrogens with zero attached hydrogens (tertiary/aromatic N) is 3. The lowest BCUT2D eigenvalue weighted by Crippen LogP contribution is -2.28. The third-order valence-electron chi connectivity index (χ3n) is 13.3. The van der Waals surface area contributed by atoms with Gasteiger partial charge in [0, 0.05) is 16.7 Å². The van der Waals surface area contributed by atoms with Gasteiger partial charge in [0.15, 0.2) is 40.5 Å². The smallest absolute Gasteiger partial charge is 0.170 e. The summed E-state index contributed by atoms with van der Waals surface area (Å²) in [5.41, 5.74) is 13.6. The van der Waals surface area contributed by atoms with Gasteiger partial charge in [-0.15, -0.1) is 0 Å². The lowest BCUT2D eigenvalue weighted by atomic mass is 9.67. The summed E-state index contributed by atoms with van der Waals surface area (Å²) >= 11 is 0. The van der Waals surface area contributed by atoms with Crippen LogP contribution >= 0.6 is 0 Å². The fourth-order valence-electron chi connectivity index (χ4n) is 10.2. The van der Waals surface area contributed by atoms with Crippen molar-refractivity contribution in [3.05, 3.63) is 259 Å². The third kappa shape index (κ3) is 6.35. The minimum atomic E-state index is -0.538. The second-order valence-electron chi connectivity index (χ2n) is 17.1. The first-order valence-electron chi connectivity index (χ1n) is 22.6. The van der Waals surface area contributed by atoms with Gasteiger partial charge in [0.1, 0.15) is 0 Å². The van der Waals surface area contributed by atoms with Gasteiger partial charge in [-0.3, -0.25) is 0 Å². The number of fused-ring (bicyclic) bond motifs is 6. The Morgan fingerprint density at radius 2 is 0.776 bits per heavy atom. The van der Waals surface area contributed by atoms with E-state index in [0.717, 1.165) is 55.3 Å². The van der Waals surface area contributed by atoms with Gasteiger partial charge in [-0.2, -0.15) is 0 Å². The highest BCUT2D eigenvalue weighted by atomic mass is 16.6. The fraction of sp³-hybridized carbons (Fsp3) is 0.0161. The van der Waals surface area contributed by atoms with E-state index in [9.17, 15) is 0 Å². The van der Waals surface area contributed by atoms with Crippen LogP contribution in [-0.2, 0) is 5.41 Å². The van der Waals surface area contributed by atoms with Gasteiger partial charge in [0.25, 0.3) is 0 Å². The average molecular weight is 858 g/mol. The molecule has 0 unspecified atom stereocenters. The molecule has 5 nitrogen and oxygen atoms in total. The summed E-state index contributed by atoms with van der Waals surface area (Å²) in [5, 5.41) is 2.21. The maximum atomic E-state index is 6.82. The molecular formula is C62H39N3O2. The van der Waals surface area contributed by atoms with Crippen LogP contribution in [0.1, 0.15) is 22.3 Å². The summed E-state index contributed by atoms with van der Waals surface area (Å²) in [7, 11) is 0. The fourth-order valence-corrected chi connectivity index (χ4v) is 10.2. The zero-order valence-corrected chi connectivity index (χ0v) is 36.2. The van der Waals surface area contributed by atoms with Crippen molar-refractivity contribution in [3.8, 4) is 90.5 Å². The topological polar surface area (TPSA) is 57.1 Å². The summed E-state index contributed by atoms with van der Waals surface area (Å²) in [4.78, 5) is 15.4. The molecule has 5 heteroatoms. The number of ether oxygens (including phenoxy) is 2. The maximum Gasteiger partial charge on any atom is 0.170 e. The van der Waals surface area contributed by atoms with E-state index < -0.39 is 5.41 Å². The van der Waals surface area contributed by atoms with Crippen LogP contribution in [0.15, 0.2) is 237 Å². The third-order valence-corrected chi connectivity index (χ3v) is 13.3. The number of hydrogen-bond donors (Lipinski definition) is 0. The zero-order chi connectivity index (χ0) is 44.3. The largest absolute Gasteiger partial charge is 0.450 e. The van der Waals surface area contributed by atoms with E-state index >= 15 is 0 Å². The Morgan fingerprint density at radius 1 is 0.269 bits per heavy atom. The Balaban J connectivity index is 0.885. The van der Waals surface area contributed by atoms with Crippen molar-refractivity contribution < 1.29 is 9.47 Å². The van der Waals surface area contributed by atoms with E-state index in [1.165, 1.54) is 27.8 Å². The van der Waals surface area contributed by atoms with Crippen molar-refractivity contribution in [2.45, 2.75) is 5.41 Å². The minimum Gasteiger partial charge on any atom is -0.450 e. The molecule has 0 spiro atoms. The van der Waals surface area contributed by atoms with Gasteiger partial charge in [-0.1, -0.05) is 200 Å². The molecule has 0 radical (unpaired) electrons. The predicted octanol–water partition coefficient (Wildman–Crippen LogP) is 15.6. The van der Waals surface area contributed by atoms with Crippen molar-refractivity contribution in [2.75, 3.05) is 0 Å². The number of rotatable bonds is 7. The first-order chi connectivity index (χ1) is 33.2. The molecule has 2 aliphatic rings. The minimum absolute atomic E-state index is 0.538. The molecule has 1 aliphatic heterocycles. The molecule has 13 rings (SSSR count). The molecule has 2 heterocycles. The van der Waals surface area contributed by atoms with Crippen LogP contribution in [0.3, 0.4) is 0 Å².